The predicted octanol–water partition coefficient (Wildman–Crippen LogP) is 3.20. The van der Waals surface area contributed by atoms with E-state index in [-0.39, 0.29) is 5.82 Å². The molecule has 0 unspecified atom stereocenters. The maximum Gasteiger partial charge on any atom is 0.128 e. The maximum absolute atomic E-state index is 13.7. The molecule has 0 aliphatic carbocycles. The molecule has 0 bridgehead atoms. The van der Waals surface area contributed by atoms with Crippen LogP contribution >= 0.6 is 15.9 Å². The van der Waals surface area contributed by atoms with Crippen molar-refractivity contribution in [2.45, 2.75) is 25.4 Å². The second-order valence-electron chi connectivity index (χ2n) is 4.49. The Labute approximate surface area is 110 Å². The normalized spacial score (nSPS) is 17.6. The van der Waals surface area contributed by atoms with E-state index in [9.17, 15) is 4.39 Å². The predicted molar refractivity (Wildman–Crippen MR) is 69.4 cm³/mol. The number of rotatable bonds is 3. The standard InChI is InChI=1S/C13H17BrFNO/c1-16(12-4-6-17-7-5-12)9-10-2-3-11(14)8-13(10)15/h2-3,8,12H,4-7,9H2,1H3. The highest BCUT2D eigenvalue weighted by Crippen LogP contribution is 2.19. The van der Waals surface area contributed by atoms with Crippen LogP contribution < -0.4 is 0 Å². The maximum atomic E-state index is 13.7. The fourth-order valence-electron chi connectivity index (χ4n) is 2.17. The number of hydrogen-bond donors (Lipinski definition) is 0. The van der Waals surface area contributed by atoms with Crippen molar-refractivity contribution in [3.63, 3.8) is 0 Å². The molecule has 2 nitrogen and oxygen atoms in total. The van der Waals surface area contributed by atoms with E-state index >= 15 is 0 Å². The van der Waals surface area contributed by atoms with Crippen LogP contribution in [0.25, 0.3) is 0 Å². The van der Waals surface area contributed by atoms with E-state index in [1.165, 1.54) is 6.07 Å². The molecule has 0 aromatic heterocycles. The number of nitrogens with zero attached hydrogens (tertiary/aromatic N) is 1. The molecular weight excluding hydrogens is 285 g/mol. The summed E-state index contributed by atoms with van der Waals surface area (Å²) in [6.07, 6.45) is 2.07. The third kappa shape index (κ3) is 3.50. The molecule has 1 aliphatic heterocycles. The molecule has 0 atom stereocenters. The highest BCUT2D eigenvalue weighted by molar-refractivity contribution is 9.10. The van der Waals surface area contributed by atoms with Crippen LogP contribution in [0.2, 0.25) is 0 Å². The zero-order chi connectivity index (χ0) is 12.3. The summed E-state index contributed by atoms with van der Waals surface area (Å²) in [5.41, 5.74) is 0.752. The molecule has 17 heavy (non-hydrogen) atoms. The van der Waals surface area contributed by atoms with E-state index in [0.29, 0.717) is 12.6 Å². The van der Waals surface area contributed by atoms with Crippen molar-refractivity contribution >= 4 is 15.9 Å². The molecule has 1 aliphatic rings. The van der Waals surface area contributed by atoms with Crippen LogP contribution in [0.15, 0.2) is 22.7 Å². The SMILES string of the molecule is CN(Cc1ccc(Br)cc1F)C1CCOCC1. The largest absolute Gasteiger partial charge is 0.381 e. The summed E-state index contributed by atoms with van der Waals surface area (Å²) < 4.78 is 19.8. The Morgan fingerprint density at radius 2 is 2.12 bits per heavy atom. The van der Waals surface area contributed by atoms with Crippen molar-refractivity contribution in [3.8, 4) is 0 Å². The molecule has 1 heterocycles. The average Bonchev–Trinajstić information content (AvgIpc) is 2.34. The van der Waals surface area contributed by atoms with Gasteiger partial charge in [0.05, 0.1) is 0 Å². The molecule has 94 valence electrons. The van der Waals surface area contributed by atoms with Gasteiger partial charge in [0.2, 0.25) is 0 Å². The molecular formula is C13H17BrFNO. The molecule has 2 rings (SSSR count). The van der Waals surface area contributed by atoms with Crippen LogP contribution in [0.3, 0.4) is 0 Å². The minimum absolute atomic E-state index is 0.140. The first kappa shape index (κ1) is 13.0. The lowest BCUT2D eigenvalue weighted by Crippen LogP contribution is -2.36. The average molecular weight is 302 g/mol. The van der Waals surface area contributed by atoms with Gasteiger partial charge in [-0.3, -0.25) is 4.90 Å². The van der Waals surface area contributed by atoms with Gasteiger partial charge < -0.3 is 4.74 Å². The van der Waals surface area contributed by atoms with Gasteiger partial charge in [-0.15, -0.1) is 0 Å². The Balaban J connectivity index is 1.99. The lowest BCUT2D eigenvalue weighted by atomic mass is 10.1. The summed E-state index contributed by atoms with van der Waals surface area (Å²) in [4.78, 5) is 2.22. The first-order valence-electron chi connectivity index (χ1n) is 5.89. The molecule has 1 fully saturated rings. The third-order valence-corrected chi connectivity index (χ3v) is 3.74. The lowest BCUT2D eigenvalue weighted by molar-refractivity contribution is 0.0404. The van der Waals surface area contributed by atoms with Gasteiger partial charge in [0.15, 0.2) is 0 Å². The van der Waals surface area contributed by atoms with Crippen molar-refractivity contribution in [3.05, 3.63) is 34.1 Å². The summed E-state index contributed by atoms with van der Waals surface area (Å²) in [5.74, 6) is -0.140. The van der Waals surface area contributed by atoms with Crippen molar-refractivity contribution in [1.82, 2.24) is 4.90 Å². The van der Waals surface area contributed by atoms with E-state index in [1.807, 2.05) is 12.1 Å². The number of ether oxygens (including phenoxy) is 1. The Morgan fingerprint density at radius 1 is 1.41 bits per heavy atom. The fraction of sp³-hybridized carbons (Fsp3) is 0.538. The number of benzene rings is 1. The molecule has 0 saturated carbocycles. The molecule has 0 radical (unpaired) electrons. The summed E-state index contributed by atoms with van der Waals surface area (Å²) in [5, 5.41) is 0. The van der Waals surface area contributed by atoms with Crippen LogP contribution in [0, 0.1) is 5.82 Å². The Bertz CT molecular complexity index is 380. The monoisotopic (exact) mass is 301 g/mol. The smallest absolute Gasteiger partial charge is 0.128 e. The summed E-state index contributed by atoms with van der Waals surface area (Å²) in [6.45, 7) is 2.29. The molecule has 1 saturated heterocycles. The van der Waals surface area contributed by atoms with Crippen LogP contribution in [-0.4, -0.2) is 31.2 Å². The van der Waals surface area contributed by atoms with Gasteiger partial charge in [0.1, 0.15) is 5.82 Å². The Morgan fingerprint density at radius 3 is 2.76 bits per heavy atom. The topological polar surface area (TPSA) is 12.5 Å². The molecule has 0 N–H and O–H groups in total. The van der Waals surface area contributed by atoms with Gasteiger partial charge in [-0.2, -0.15) is 0 Å². The highest BCUT2D eigenvalue weighted by Gasteiger charge is 2.19. The Kier molecular flexibility index (Phi) is 4.54. The van der Waals surface area contributed by atoms with Crippen LogP contribution in [0.4, 0.5) is 4.39 Å². The van der Waals surface area contributed by atoms with Crippen molar-refractivity contribution in [2.75, 3.05) is 20.3 Å². The fourth-order valence-corrected chi connectivity index (χ4v) is 2.51. The van der Waals surface area contributed by atoms with Crippen LogP contribution in [-0.2, 0) is 11.3 Å². The quantitative estimate of drug-likeness (QED) is 0.850. The van der Waals surface area contributed by atoms with Crippen molar-refractivity contribution in [2.24, 2.45) is 0 Å². The minimum atomic E-state index is -0.140. The van der Waals surface area contributed by atoms with Crippen LogP contribution in [0.1, 0.15) is 18.4 Å². The van der Waals surface area contributed by atoms with Crippen LogP contribution in [0.5, 0.6) is 0 Å². The number of halogens is 2. The minimum Gasteiger partial charge on any atom is -0.381 e. The van der Waals surface area contributed by atoms with Gasteiger partial charge in [-0.05, 0) is 32.0 Å². The van der Waals surface area contributed by atoms with Gasteiger partial charge in [-0.25, -0.2) is 4.39 Å². The lowest BCUT2D eigenvalue weighted by Gasteiger charge is -2.31. The van der Waals surface area contributed by atoms with E-state index < -0.39 is 0 Å². The zero-order valence-corrected chi connectivity index (χ0v) is 11.5. The summed E-state index contributed by atoms with van der Waals surface area (Å²) in [7, 11) is 2.05. The molecule has 4 heteroatoms. The second-order valence-corrected chi connectivity index (χ2v) is 5.41. The van der Waals surface area contributed by atoms with Crippen molar-refractivity contribution < 1.29 is 9.13 Å². The van der Waals surface area contributed by atoms with E-state index in [4.69, 9.17) is 4.74 Å². The summed E-state index contributed by atoms with van der Waals surface area (Å²) in [6, 6.07) is 5.75. The number of hydrogen-bond acceptors (Lipinski definition) is 2. The highest BCUT2D eigenvalue weighted by atomic mass is 79.9. The third-order valence-electron chi connectivity index (χ3n) is 3.25. The first-order valence-corrected chi connectivity index (χ1v) is 6.68. The molecule has 0 amide bonds. The van der Waals surface area contributed by atoms with Crippen molar-refractivity contribution in [1.29, 1.82) is 0 Å². The molecule has 0 spiro atoms. The van der Waals surface area contributed by atoms with Gasteiger partial charge >= 0.3 is 0 Å². The van der Waals surface area contributed by atoms with Gasteiger partial charge in [0.25, 0.3) is 0 Å². The van der Waals surface area contributed by atoms with E-state index in [0.717, 1.165) is 36.1 Å². The van der Waals surface area contributed by atoms with E-state index in [1.54, 1.807) is 0 Å². The first-order chi connectivity index (χ1) is 8.16. The van der Waals surface area contributed by atoms with E-state index in [2.05, 4.69) is 27.9 Å². The van der Waals surface area contributed by atoms with Gasteiger partial charge in [0, 0.05) is 35.8 Å². The Hall–Kier alpha value is -0.450. The summed E-state index contributed by atoms with van der Waals surface area (Å²) >= 11 is 3.27. The zero-order valence-electron chi connectivity index (χ0n) is 9.96. The van der Waals surface area contributed by atoms with Gasteiger partial charge in [-0.1, -0.05) is 22.0 Å². The molecule has 1 aromatic carbocycles. The second kappa shape index (κ2) is 5.94. The molecule has 1 aromatic rings.